The van der Waals surface area contributed by atoms with Gasteiger partial charge in [-0.3, -0.25) is 0 Å². The van der Waals surface area contributed by atoms with Crippen LogP contribution >= 0.6 is 0 Å². The molecule has 0 bridgehead atoms. The highest BCUT2D eigenvalue weighted by atomic mass is 16.5. The van der Waals surface area contributed by atoms with E-state index in [0.717, 1.165) is 0 Å². The molecule has 0 unspecified atom stereocenters. The van der Waals surface area contributed by atoms with E-state index in [-0.39, 0.29) is 35.8 Å². The van der Waals surface area contributed by atoms with Gasteiger partial charge in [-0.1, -0.05) is 0 Å². The zero-order chi connectivity index (χ0) is 22.9. The Morgan fingerprint density at radius 3 is 1.62 bits per heavy atom. The maximum Gasteiger partial charge on any atom is 0.320 e. The van der Waals surface area contributed by atoms with Crippen molar-refractivity contribution in [2.75, 3.05) is 33.0 Å². The van der Waals surface area contributed by atoms with Gasteiger partial charge in [-0.05, 0) is 45.0 Å². The molecule has 9 nitrogen and oxygen atoms in total. The maximum atomic E-state index is 10.5. The summed E-state index contributed by atoms with van der Waals surface area (Å²) in [5, 5.41) is 21.0. The lowest BCUT2D eigenvalue weighted by atomic mass is 10.1. The monoisotopic (exact) mass is 441 g/mol. The summed E-state index contributed by atoms with van der Waals surface area (Å²) in [4.78, 5) is 13.1. The first-order valence-corrected chi connectivity index (χ1v) is 10.4. The van der Waals surface area contributed by atoms with E-state index >= 15 is 0 Å². The number of benzene rings is 2. The third-order valence-electron chi connectivity index (χ3n) is 4.32. The lowest BCUT2D eigenvalue weighted by Gasteiger charge is -2.12. The van der Waals surface area contributed by atoms with Gasteiger partial charge in [-0.2, -0.15) is 9.97 Å². The van der Waals surface area contributed by atoms with Crippen LogP contribution in [0.1, 0.15) is 20.8 Å². The van der Waals surface area contributed by atoms with E-state index < -0.39 is 0 Å². The molecule has 1 heterocycles. The highest BCUT2D eigenvalue weighted by Crippen LogP contribution is 2.35. The minimum atomic E-state index is -0.0516. The van der Waals surface area contributed by atoms with Crippen LogP contribution in [0.15, 0.2) is 36.4 Å². The van der Waals surface area contributed by atoms with Crippen molar-refractivity contribution in [1.29, 1.82) is 0 Å². The summed E-state index contributed by atoms with van der Waals surface area (Å²) in [5.41, 5.74) is 0.745. The van der Waals surface area contributed by atoms with Gasteiger partial charge in [0.25, 0.3) is 0 Å². The fourth-order valence-electron chi connectivity index (χ4n) is 2.91. The number of nitrogens with zero attached hydrogens (tertiary/aromatic N) is 3. The van der Waals surface area contributed by atoms with E-state index in [9.17, 15) is 10.2 Å². The second kappa shape index (κ2) is 11.1. The lowest BCUT2D eigenvalue weighted by molar-refractivity contribution is 0.106. The van der Waals surface area contributed by atoms with Gasteiger partial charge in [0.2, 0.25) is 0 Å². The van der Waals surface area contributed by atoms with Crippen molar-refractivity contribution in [3.05, 3.63) is 36.4 Å². The first-order chi connectivity index (χ1) is 15.5. The SMILES string of the molecule is CCOCCOc1nc(-c2ccc(OCC)cc2O)nc(-c2ccc(OCC)cc2O)n1. The first kappa shape index (κ1) is 23.1. The fourth-order valence-corrected chi connectivity index (χ4v) is 2.91. The molecule has 2 aromatic carbocycles. The van der Waals surface area contributed by atoms with E-state index in [0.29, 0.717) is 49.1 Å². The number of aromatic nitrogens is 3. The highest BCUT2D eigenvalue weighted by Gasteiger charge is 2.17. The molecule has 0 saturated carbocycles. The Hall–Kier alpha value is -3.59. The van der Waals surface area contributed by atoms with Crippen LogP contribution in [0.2, 0.25) is 0 Å². The largest absolute Gasteiger partial charge is 0.507 e. The molecule has 32 heavy (non-hydrogen) atoms. The van der Waals surface area contributed by atoms with Gasteiger partial charge in [0.1, 0.15) is 29.6 Å². The molecule has 9 heteroatoms. The third-order valence-corrected chi connectivity index (χ3v) is 4.32. The van der Waals surface area contributed by atoms with Crippen molar-refractivity contribution in [3.63, 3.8) is 0 Å². The van der Waals surface area contributed by atoms with E-state index in [1.807, 2.05) is 20.8 Å². The molecule has 3 aromatic rings. The summed E-state index contributed by atoms with van der Waals surface area (Å²) < 4.78 is 21.8. The number of aromatic hydroxyl groups is 2. The average molecular weight is 441 g/mol. The summed E-state index contributed by atoms with van der Waals surface area (Å²) >= 11 is 0. The van der Waals surface area contributed by atoms with E-state index in [1.165, 1.54) is 12.1 Å². The quantitative estimate of drug-likeness (QED) is 0.428. The normalized spacial score (nSPS) is 10.7. The van der Waals surface area contributed by atoms with Crippen LogP contribution in [0, 0.1) is 0 Å². The molecule has 0 saturated heterocycles. The number of hydrogen-bond donors (Lipinski definition) is 2. The molecule has 2 N–H and O–H groups in total. The molecular weight excluding hydrogens is 414 g/mol. The van der Waals surface area contributed by atoms with Crippen LogP contribution < -0.4 is 14.2 Å². The van der Waals surface area contributed by atoms with Crippen LogP contribution in [0.4, 0.5) is 0 Å². The molecule has 1 aromatic heterocycles. The van der Waals surface area contributed by atoms with Crippen LogP contribution in [-0.4, -0.2) is 58.2 Å². The smallest absolute Gasteiger partial charge is 0.320 e. The van der Waals surface area contributed by atoms with Crippen molar-refractivity contribution in [2.24, 2.45) is 0 Å². The van der Waals surface area contributed by atoms with E-state index in [2.05, 4.69) is 15.0 Å². The predicted molar refractivity (Wildman–Crippen MR) is 118 cm³/mol. The minimum Gasteiger partial charge on any atom is -0.507 e. The van der Waals surface area contributed by atoms with Crippen LogP contribution in [0.3, 0.4) is 0 Å². The summed E-state index contributed by atoms with van der Waals surface area (Å²) in [6, 6.07) is 9.77. The zero-order valence-electron chi connectivity index (χ0n) is 18.4. The number of phenols is 2. The van der Waals surface area contributed by atoms with E-state index in [1.54, 1.807) is 24.3 Å². The lowest BCUT2D eigenvalue weighted by Crippen LogP contribution is -2.10. The average Bonchev–Trinajstić information content (AvgIpc) is 2.77. The Bertz CT molecular complexity index is 970. The van der Waals surface area contributed by atoms with Crippen molar-refractivity contribution in [3.8, 4) is 51.8 Å². The molecule has 0 atom stereocenters. The van der Waals surface area contributed by atoms with Gasteiger partial charge in [0, 0.05) is 18.7 Å². The Morgan fingerprint density at radius 1 is 0.656 bits per heavy atom. The number of rotatable bonds is 11. The molecule has 0 radical (unpaired) electrons. The van der Waals surface area contributed by atoms with Crippen LogP contribution in [0.25, 0.3) is 22.8 Å². The van der Waals surface area contributed by atoms with Crippen molar-refractivity contribution in [1.82, 2.24) is 15.0 Å². The first-order valence-electron chi connectivity index (χ1n) is 10.4. The number of phenolic OH excluding ortho intramolecular Hbond substituents is 2. The molecule has 0 fully saturated rings. The number of hydrogen-bond acceptors (Lipinski definition) is 9. The van der Waals surface area contributed by atoms with Gasteiger partial charge in [0.15, 0.2) is 11.6 Å². The Labute approximate surface area is 186 Å². The number of ether oxygens (including phenoxy) is 4. The fraction of sp³-hybridized carbons (Fsp3) is 0.348. The summed E-state index contributed by atoms with van der Waals surface area (Å²) in [7, 11) is 0. The zero-order valence-corrected chi connectivity index (χ0v) is 18.4. The molecule has 170 valence electrons. The van der Waals surface area contributed by atoms with Crippen molar-refractivity contribution in [2.45, 2.75) is 20.8 Å². The Balaban J connectivity index is 2.02. The molecule has 0 amide bonds. The molecule has 0 aliphatic carbocycles. The molecule has 0 spiro atoms. The standard InChI is InChI=1S/C23H27N3O6/c1-4-29-11-12-32-23-25-21(17-9-7-15(30-5-2)13-19(17)27)24-22(26-23)18-10-8-16(31-6-3)14-20(18)28/h7-10,13-14,27-28H,4-6,11-12H2,1-3H3. The second-order valence-electron chi connectivity index (χ2n) is 6.53. The molecule has 0 aliphatic rings. The van der Waals surface area contributed by atoms with Crippen molar-refractivity contribution >= 4 is 0 Å². The summed E-state index contributed by atoms with van der Waals surface area (Å²) in [6.07, 6.45) is 0. The highest BCUT2D eigenvalue weighted by molar-refractivity contribution is 5.70. The van der Waals surface area contributed by atoms with Gasteiger partial charge < -0.3 is 29.2 Å². The topological polar surface area (TPSA) is 116 Å². The Morgan fingerprint density at radius 2 is 1.19 bits per heavy atom. The second-order valence-corrected chi connectivity index (χ2v) is 6.53. The van der Waals surface area contributed by atoms with Crippen molar-refractivity contribution < 1.29 is 29.2 Å². The minimum absolute atomic E-state index is 0.0475. The molecule has 0 aliphatic heterocycles. The molecule has 3 rings (SSSR count). The Kier molecular flexibility index (Phi) is 8.04. The van der Waals surface area contributed by atoms with Crippen LogP contribution in [-0.2, 0) is 4.74 Å². The predicted octanol–water partition coefficient (Wildman–Crippen LogP) is 3.83. The van der Waals surface area contributed by atoms with Gasteiger partial charge in [-0.15, -0.1) is 0 Å². The third kappa shape index (κ3) is 5.76. The summed E-state index contributed by atoms with van der Waals surface area (Å²) in [6.45, 7) is 7.74. The maximum absolute atomic E-state index is 10.5. The van der Waals surface area contributed by atoms with Gasteiger partial charge >= 0.3 is 6.01 Å². The van der Waals surface area contributed by atoms with E-state index in [4.69, 9.17) is 18.9 Å². The summed E-state index contributed by atoms with van der Waals surface area (Å²) in [5.74, 6) is 1.33. The van der Waals surface area contributed by atoms with Gasteiger partial charge in [-0.25, -0.2) is 4.98 Å². The molecular formula is C23H27N3O6. The van der Waals surface area contributed by atoms with Crippen LogP contribution in [0.5, 0.6) is 29.0 Å². The van der Waals surface area contributed by atoms with Gasteiger partial charge in [0.05, 0.1) is 30.9 Å².